The topological polar surface area (TPSA) is 60.9 Å². The van der Waals surface area contributed by atoms with Gasteiger partial charge in [0, 0.05) is 43.0 Å². The van der Waals surface area contributed by atoms with Crippen molar-refractivity contribution in [3.63, 3.8) is 0 Å². The van der Waals surface area contributed by atoms with Crippen LogP contribution in [0.3, 0.4) is 0 Å². The number of likely N-dealkylation sites (tertiary alicyclic amines) is 1. The third kappa shape index (κ3) is 4.79. The van der Waals surface area contributed by atoms with Crippen molar-refractivity contribution in [2.45, 2.75) is 44.4 Å². The summed E-state index contributed by atoms with van der Waals surface area (Å²) in [6.45, 7) is 5.56. The Morgan fingerprint density at radius 1 is 1.00 bits per heavy atom. The average Bonchev–Trinajstić information content (AvgIpc) is 3.53. The number of nitrogens with zero attached hydrogens (tertiary/aromatic N) is 5. The summed E-state index contributed by atoms with van der Waals surface area (Å²) < 4.78 is 0. The smallest absolute Gasteiger partial charge is 0.225 e. The van der Waals surface area contributed by atoms with E-state index in [1.165, 1.54) is 49.9 Å². The molecule has 2 aliphatic heterocycles. The lowest BCUT2D eigenvalue weighted by molar-refractivity contribution is 0.204. The first-order valence-electron chi connectivity index (χ1n) is 11.7. The van der Waals surface area contributed by atoms with E-state index < -0.39 is 0 Å². The third-order valence-electron chi connectivity index (χ3n) is 6.67. The van der Waals surface area contributed by atoms with Gasteiger partial charge in [0.1, 0.15) is 0 Å². The van der Waals surface area contributed by atoms with Gasteiger partial charge in [-0.1, -0.05) is 30.3 Å². The molecule has 31 heavy (non-hydrogen) atoms. The van der Waals surface area contributed by atoms with Crippen LogP contribution >= 0.6 is 0 Å². The first-order valence-corrected chi connectivity index (χ1v) is 11.7. The van der Waals surface area contributed by atoms with Crippen LogP contribution in [0.2, 0.25) is 0 Å². The maximum atomic E-state index is 4.90. The average molecular weight is 417 g/mol. The molecule has 0 saturated carbocycles. The van der Waals surface area contributed by atoms with Crippen molar-refractivity contribution in [1.82, 2.24) is 25.1 Å². The Bertz CT molecular complexity index is 963. The molecule has 5 rings (SSSR count). The largest absolute Gasteiger partial charge is 0.341 e. The Hall–Kier alpha value is -2.73. The molecule has 4 heterocycles. The van der Waals surface area contributed by atoms with Crippen LogP contribution in [-0.4, -0.2) is 57.8 Å². The zero-order valence-corrected chi connectivity index (χ0v) is 18.2. The molecule has 6 nitrogen and oxygen atoms in total. The summed E-state index contributed by atoms with van der Waals surface area (Å²) in [5, 5.41) is 7.73. The van der Waals surface area contributed by atoms with Crippen LogP contribution in [0.15, 0.2) is 48.8 Å². The summed E-state index contributed by atoms with van der Waals surface area (Å²) in [5.74, 6) is 1.33. The molecule has 2 aromatic heterocycles. The molecule has 0 radical (unpaired) electrons. The van der Waals surface area contributed by atoms with Gasteiger partial charge < -0.3 is 9.80 Å². The highest BCUT2D eigenvalue weighted by molar-refractivity contribution is 5.63. The quantitative estimate of drug-likeness (QED) is 0.623. The Morgan fingerprint density at radius 2 is 1.87 bits per heavy atom. The SMILES string of the molecule is c1ccc(CCCN2CCCC(c3[nH]ncc3-c3ccnc(N4CCCC4)n3)C2)cc1. The molecule has 2 saturated heterocycles. The summed E-state index contributed by atoms with van der Waals surface area (Å²) in [6.07, 6.45) is 11.1. The molecule has 2 aliphatic rings. The van der Waals surface area contributed by atoms with Crippen LogP contribution < -0.4 is 4.90 Å². The van der Waals surface area contributed by atoms with Crippen molar-refractivity contribution in [2.24, 2.45) is 0 Å². The van der Waals surface area contributed by atoms with Crippen LogP contribution in [0.5, 0.6) is 0 Å². The number of hydrogen-bond acceptors (Lipinski definition) is 5. The third-order valence-corrected chi connectivity index (χ3v) is 6.67. The fraction of sp³-hybridized carbons (Fsp3) is 0.480. The molecular formula is C25H32N6. The van der Waals surface area contributed by atoms with Crippen LogP contribution in [0.4, 0.5) is 5.95 Å². The van der Waals surface area contributed by atoms with E-state index in [0.717, 1.165) is 49.8 Å². The second-order valence-corrected chi connectivity index (χ2v) is 8.86. The first-order chi connectivity index (χ1) is 15.4. The van der Waals surface area contributed by atoms with Crippen molar-refractivity contribution in [1.29, 1.82) is 0 Å². The summed E-state index contributed by atoms with van der Waals surface area (Å²) in [7, 11) is 0. The van der Waals surface area contributed by atoms with E-state index in [9.17, 15) is 0 Å². The van der Waals surface area contributed by atoms with E-state index >= 15 is 0 Å². The zero-order valence-electron chi connectivity index (χ0n) is 18.2. The second-order valence-electron chi connectivity index (χ2n) is 8.86. The molecule has 0 aliphatic carbocycles. The minimum atomic E-state index is 0.480. The number of aryl methyl sites for hydroxylation is 1. The normalized spacial score (nSPS) is 19.7. The van der Waals surface area contributed by atoms with Crippen LogP contribution in [-0.2, 0) is 6.42 Å². The molecule has 1 N–H and O–H groups in total. The number of nitrogens with one attached hydrogen (secondary N) is 1. The number of aromatic nitrogens is 4. The first kappa shape index (κ1) is 20.2. The van der Waals surface area contributed by atoms with E-state index in [2.05, 4.69) is 55.3 Å². The molecule has 2 fully saturated rings. The highest BCUT2D eigenvalue weighted by atomic mass is 15.3. The summed E-state index contributed by atoms with van der Waals surface area (Å²) in [4.78, 5) is 14.3. The number of rotatable bonds is 7. The number of aromatic amines is 1. The summed E-state index contributed by atoms with van der Waals surface area (Å²) in [6, 6.07) is 12.8. The Labute approximate surface area is 184 Å². The molecule has 0 spiro atoms. The van der Waals surface area contributed by atoms with E-state index in [4.69, 9.17) is 4.98 Å². The van der Waals surface area contributed by atoms with Crippen molar-refractivity contribution in [3.8, 4) is 11.3 Å². The van der Waals surface area contributed by atoms with Gasteiger partial charge in [-0.25, -0.2) is 9.97 Å². The lowest BCUT2D eigenvalue weighted by atomic mass is 9.91. The van der Waals surface area contributed by atoms with E-state index in [0.29, 0.717) is 5.92 Å². The predicted octanol–water partition coefficient (Wildman–Crippen LogP) is 4.28. The zero-order chi connectivity index (χ0) is 20.9. The lowest BCUT2D eigenvalue weighted by Gasteiger charge is -2.32. The molecule has 6 heteroatoms. The minimum absolute atomic E-state index is 0.480. The molecule has 1 atom stereocenters. The van der Waals surface area contributed by atoms with E-state index in [1.807, 2.05) is 18.5 Å². The van der Waals surface area contributed by atoms with Gasteiger partial charge in [0.2, 0.25) is 5.95 Å². The van der Waals surface area contributed by atoms with Crippen LogP contribution in [0.1, 0.15) is 49.3 Å². The van der Waals surface area contributed by atoms with Gasteiger partial charge in [-0.2, -0.15) is 5.10 Å². The van der Waals surface area contributed by atoms with Crippen LogP contribution in [0.25, 0.3) is 11.3 Å². The minimum Gasteiger partial charge on any atom is -0.341 e. The van der Waals surface area contributed by atoms with Crippen molar-refractivity contribution in [3.05, 3.63) is 60.0 Å². The van der Waals surface area contributed by atoms with Gasteiger partial charge in [-0.05, 0) is 63.2 Å². The molecule has 0 amide bonds. The monoisotopic (exact) mass is 416 g/mol. The fourth-order valence-corrected chi connectivity index (χ4v) is 5.03. The highest BCUT2D eigenvalue weighted by Gasteiger charge is 2.26. The molecule has 0 bridgehead atoms. The summed E-state index contributed by atoms with van der Waals surface area (Å²) >= 11 is 0. The number of anilines is 1. The van der Waals surface area contributed by atoms with Gasteiger partial charge in [-0.3, -0.25) is 5.10 Å². The van der Waals surface area contributed by atoms with E-state index in [1.54, 1.807) is 0 Å². The lowest BCUT2D eigenvalue weighted by Crippen LogP contribution is -2.35. The van der Waals surface area contributed by atoms with Gasteiger partial charge in [0.15, 0.2) is 0 Å². The molecule has 162 valence electrons. The molecule has 1 aromatic carbocycles. The van der Waals surface area contributed by atoms with Crippen molar-refractivity contribution < 1.29 is 0 Å². The number of hydrogen-bond donors (Lipinski definition) is 1. The summed E-state index contributed by atoms with van der Waals surface area (Å²) in [5.41, 5.74) is 4.80. The maximum absolute atomic E-state index is 4.90. The molecule has 1 unspecified atom stereocenters. The van der Waals surface area contributed by atoms with E-state index in [-0.39, 0.29) is 0 Å². The molecule has 3 aromatic rings. The predicted molar refractivity (Wildman–Crippen MR) is 124 cm³/mol. The van der Waals surface area contributed by atoms with Crippen molar-refractivity contribution in [2.75, 3.05) is 37.6 Å². The molecular weight excluding hydrogens is 384 g/mol. The standard InChI is InChI=1S/C25H32N6/c1-2-8-20(9-3-1)10-6-14-30-15-7-11-21(19-30)24-22(18-27-29-24)23-12-13-26-25(28-23)31-16-4-5-17-31/h1-3,8-9,12-13,18,21H,4-7,10-11,14-17,19H2,(H,27,29). The van der Waals surface area contributed by atoms with Crippen LogP contribution in [0, 0.1) is 0 Å². The van der Waals surface area contributed by atoms with Gasteiger partial charge >= 0.3 is 0 Å². The number of H-pyrrole nitrogens is 1. The van der Waals surface area contributed by atoms with Gasteiger partial charge in [0.25, 0.3) is 0 Å². The van der Waals surface area contributed by atoms with Crippen molar-refractivity contribution >= 4 is 5.95 Å². The number of piperidine rings is 1. The second kappa shape index (κ2) is 9.60. The Kier molecular flexibility index (Phi) is 6.25. The van der Waals surface area contributed by atoms with Gasteiger partial charge in [-0.15, -0.1) is 0 Å². The Balaban J connectivity index is 1.25. The van der Waals surface area contributed by atoms with Gasteiger partial charge in [0.05, 0.1) is 11.9 Å². The fourth-order valence-electron chi connectivity index (χ4n) is 5.03. The Morgan fingerprint density at radius 3 is 2.74 bits per heavy atom. The highest BCUT2D eigenvalue weighted by Crippen LogP contribution is 2.33. The number of benzene rings is 1. The maximum Gasteiger partial charge on any atom is 0.225 e.